The van der Waals surface area contributed by atoms with Crippen LogP contribution in [0, 0.1) is 17.8 Å². The maximum atomic E-state index is 14.6. The van der Waals surface area contributed by atoms with Crippen LogP contribution in [0.3, 0.4) is 0 Å². The van der Waals surface area contributed by atoms with Gasteiger partial charge < -0.3 is 24.5 Å². The van der Waals surface area contributed by atoms with Crippen LogP contribution >= 0.6 is 27.7 Å². The zero-order valence-electron chi connectivity index (χ0n) is 23.3. The van der Waals surface area contributed by atoms with Crippen molar-refractivity contribution in [2.75, 3.05) is 66.1 Å². The maximum Gasteiger partial charge on any atom is 0.247 e. The van der Waals surface area contributed by atoms with Gasteiger partial charge in [0.25, 0.3) is 0 Å². The molecule has 2 bridgehead atoms. The van der Waals surface area contributed by atoms with Gasteiger partial charge in [-0.05, 0) is 12.3 Å². The minimum Gasteiger partial charge on any atom is -0.394 e. The largest absolute Gasteiger partial charge is 0.394 e. The van der Waals surface area contributed by atoms with Crippen molar-refractivity contribution in [2.24, 2.45) is 17.8 Å². The van der Waals surface area contributed by atoms with Crippen LogP contribution in [0.1, 0.15) is 20.3 Å². The number of likely N-dealkylation sites (N-methyl/N-ethyl adjacent to an activating group) is 1. The molecule has 4 aliphatic rings. The lowest BCUT2D eigenvalue weighted by Crippen LogP contribution is -2.59. The molecule has 4 heterocycles. The van der Waals surface area contributed by atoms with Crippen molar-refractivity contribution in [3.63, 3.8) is 0 Å². The van der Waals surface area contributed by atoms with Crippen molar-refractivity contribution < 1.29 is 24.2 Å². The van der Waals surface area contributed by atoms with Crippen LogP contribution in [0.15, 0.2) is 25.3 Å². The highest BCUT2D eigenvalue weighted by Gasteiger charge is 2.76. The Morgan fingerprint density at radius 1 is 1.23 bits per heavy atom. The number of nitrogens with zero attached hydrogens (tertiary/aromatic N) is 4. The highest BCUT2D eigenvalue weighted by molar-refractivity contribution is 9.09. The number of thioether (sulfide) groups is 1. The van der Waals surface area contributed by atoms with Crippen LogP contribution in [-0.2, 0) is 19.1 Å². The fraction of sp³-hybridized carbons (Fsp3) is 0.750. The molecule has 7 atom stereocenters. The molecule has 218 valence electrons. The van der Waals surface area contributed by atoms with Gasteiger partial charge in [-0.1, -0.05) is 41.9 Å². The fourth-order valence-corrected chi connectivity index (χ4v) is 10.4. The summed E-state index contributed by atoms with van der Waals surface area (Å²) in [4.78, 5) is 50.0. The van der Waals surface area contributed by atoms with E-state index in [2.05, 4.69) is 34.0 Å². The minimum atomic E-state index is -0.767. The number of carbonyl (C=O) groups is 3. The second-order valence-corrected chi connectivity index (χ2v) is 14.2. The Morgan fingerprint density at radius 2 is 1.90 bits per heavy atom. The lowest BCUT2D eigenvalue weighted by molar-refractivity contribution is -0.147. The molecule has 4 saturated heterocycles. The Bertz CT molecular complexity index is 962. The van der Waals surface area contributed by atoms with Gasteiger partial charge in [0.15, 0.2) is 0 Å². The van der Waals surface area contributed by atoms with Crippen LogP contribution in [0.2, 0.25) is 0 Å². The first kappa shape index (κ1) is 30.6. The Balaban J connectivity index is 1.72. The number of ether oxygens (including phenoxy) is 1. The summed E-state index contributed by atoms with van der Waals surface area (Å²) < 4.78 is 4.72. The first-order valence-electron chi connectivity index (χ1n) is 13.9. The van der Waals surface area contributed by atoms with E-state index in [4.69, 9.17) is 4.74 Å². The highest BCUT2D eigenvalue weighted by Crippen LogP contribution is 2.68. The molecule has 4 aliphatic heterocycles. The first-order valence-corrected chi connectivity index (χ1v) is 15.7. The number of aliphatic hydroxyl groups excluding tert-OH is 1. The average Bonchev–Trinajstić information content (AvgIpc) is 3.50. The lowest BCUT2D eigenvalue weighted by Gasteiger charge is -2.41. The van der Waals surface area contributed by atoms with Crippen LogP contribution in [0.4, 0.5) is 0 Å². The highest BCUT2D eigenvalue weighted by atomic mass is 79.9. The number of halogens is 1. The van der Waals surface area contributed by atoms with Gasteiger partial charge in [0.05, 0.1) is 42.4 Å². The quantitative estimate of drug-likeness (QED) is 0.259. The van der Waals surface area contributed by atoms with E-state index in [1.54, 1.807) is 45.7 Å². The second-order valence-electron chi connectivity index (χ2n) is 11.4. The summed E-state index contributed by atoms with van der Waals surface area (Å²) >= 11 is 5.45. The number of amides is 3. The Hall–Kier alpha value is -1.40. The molecule has 1 spiro atoms. The molecule has 39 heavy (non-hydrogen) atoms. The van der Waals surface area contributed by atoms with Gasteiger partial charge in [-0.2, -0.15) is 0 Å². The van der Waals surface area contributed by atoms with E-state index in [9.17, 15) is 19.5 Å². The Kier molecular flexibility index (Phi) is 9.90. The number of hydrogen-bond donors (Lipinski definition) is 1. The van der Waals surface area contributed by atoms with Crippen molar-refractivity contribution in [2.45, 2.75) is 47.2 Å². The van der Waals surface area contributed by atoms with E-state index in [1.807, 2.05) is 13.8 Å². The lowest BCUT2D eigenvalue weighted by atomic mass is 9.70. The summed E-state index contributed by atoms with van der Waals surface area (Å²) in [6.07, 6.45) is 4.02. The predicted octanol–water partition coefficient (Wildman–Crippen LogP) is 1.46. The number of morpholine rings is 1. The zero-order valence-corrected chi connectivity index (χ0v) is 25.7. The second kappa shape index (κ2) is 12.6. The number of carbonyl (C=O) groups excluding carboxylic acids is 3. The number of hydrogen-bond acceptors (Lipinski definition) is 7. The molecule has 0 saturated carbocycles. The predicted molar refractivity (Wildman–Crippen MR) is 157 cm³/mol. The molecule has 0 aromatic carbocycles. The van der Waals surface area contributed by atoms with E-state index < -0.39 is 28.7 Å². The summed E-state index contributed by atoms with van der Waals surface area (Å²) in [6.45, 7) is 16.3. The summed E-state index contributed by atoms with van der Waals surface area (Å²) in [6, 6.07) is -1.29. The summed E-state index contributed by atoms with van der Waals surface area (Å²) in [5.41, 5.74) is 0. The summed E-state index contributed by atoms with van der Waals surface area (Å²) in [7, 11) is 1.73. The molecular formula is C28H43BrN4O5S. The van der Waals surface area contributed by atoms with Gasteiger partial charge in [-0.25, -0.2) is 0 Å². The molecule has 1 N–H and O–H groups in total. The Labute approximate surface area is 245 Å². The molecule has 3 unspecified atom stereocenters. The van der Waals surface area contributed by atoms with Crippen molar-refractivity contribution >= 4 is 45.4 Å². The third-order valence-corrected chi connectivity index (χ3v) is 12.0. The third kappa shape index (κ3) is 5.46. The third-order valence-electron chi connectivity index (χ3n) is 8.79. The normalized spacial score (nSPS) is 32.8. The van der Waals surface area contributed by atoms with E-state index >= 15 is 0 Å². The molecule has 4 rings (SSSR count). The van der Waals surface area contributed by atoms with Gasteiger partial charge in [-0.15, -0.1) is 24.9 Å². The fourth-order valence-electron chi connectivity index (χ4n) is 6.85. The molecule has 0 radical (unpaired) electrons. The van der Waals surface area contributed by atoms with Crippen molar-refractivity contribution in [1.29, 1.82) is 0 Å². The number of alkyl halides is 1. The van der Waals surface area contributed by atoms with Gasteiger partial charge in [-0.3, -0.25) is 19.3 Å². The molecule has 9 nitrogen and oxygen atoms in total. The SMILES string of the molecule is C=CCN(C)C(=O)[C@H]1[C@@H]2SC3(CC2Br)C(C(=O)N(CC=C)CCN2CCOCC2)N([C@@H](CO)C(C)C)C(=O)[C@H]13. The number of fused-ring (bicyclic) bond motifs is 1. The molecule has 11 heteroatoms. The molecular weight excluding hydrogens is 584 g/mol. The van der Waals surface area contributed by atoms with E-state index in [1.165, 1.54) is 0 Å². The average molecular weight is 628 g/mol. The minimum absolute atomic E-state index is 0.000659. The summed E-state index contributed by atoms with van der Waals surface area (Å²) in [5, 5.41) is 10.3. The Morgan fingerprint density at radius 3 is 2.49 bits per heavy atom. The zero-order chi connectivity index (χ0) is 28.5. The van der Waals surface area contributed by atoms with E-state index in [0.29, 0.717) is 45.8 Å². The van der Waals surface area contributed by atoms with Crippen LogP contribution in [0.25, 0.3) is 0 Å². The van der Waals surface area contributed by atoms with E-state index in [-0.39, 0.29) is 40.3 Å². The maximum absolute atomic E-state index is 14.6. The summed E-state index contributed by atoms with van der Waals surface area (Å²) in [5.74, 6) is -1.63. The molecule has 4 fully saturated rings. The van der Waals surface area contributed by atoms with Crippen LogP contribution < -0.4 is 0 Å². The molecule has 3 amide bonds. The molecule has 0 aromatic rings. The van der Waals surface area contributed by atoms with Crippen LogP contribution in [-0.4, -0.2) is 135 Å². The monoisotopic (exact) mass is 626 g/mol. The number of rotatable bonds is 12. The van der Waals surface area contributed by atoms with Gasteiger partial charge in [0.1, 0.15) is 6.04 Å². The van der Waals surface area contributed by atoms with Crippen molar-refractivity contribution in [1.82, 2.24) is 19.6 Å². The van der Waals surface area contributed by atoms with Crippen molar-refractivity contribution in [3.05, 3.63) is 25.3 Å². The molecule has 0 aliphatic carbocycles. The van der Waals surface area contributed by atoms with Crippen molar-refractivity contribution in [3.8, 4) is 0 Å². The first-order chi connectivity index (χ1) is 18.6. The van der Waals surface area contributed by atoms with Gasteiger partial charge in [0.2, 0.25) is 17.7 Å². The number of likely N-dealkylation sites (tertiary alicyclic amines) is 1. The van der Waals surface area contributed by atoms with Crippen LogP contribution in [0.5, 0.6) is 0 Å². The topological polar surface area (TPSA) is 93.6 Å². The standard InChI is InChI=1S/C28H43BrN4O5S/c1-6-8-30(5)25(35)21-22-26(36)33(20(17-34)18(3)4)24(28(22)16-19(29)23(21)39-28)27(37)32(9-7-2)11-10-31-12-14-38-15-13-31/h6-7,18-24,34H,1-2,8-17H2,3-5H3/t19?,20-,21+,22-,23+,24?,28?/m0/s1. The smallest absolute Gasteiger partial charge is 0.247 e. The van der Waals surface area contributed by atoms with Gasteiger partial charge in [0, 0.05) is 56.4 Å². The number of aliphatic hydroxyl groups is 1. The van der Waals surface area contributed by atoms with E-state index in [0.717, 1.165) is 13.1 Å². The van der Waals surface area contributed by atoms with Gasteiger partial charge >= 0.3 is 0 Å². The molecule has 0 aromatic heterocycles.